The molecule has 1 rings (SSSR count). The van der Waals surface area contributed by atoms with Crippen LogP contribution in [-0.2, 0) is 22.3 Å². The lowest BCUT2D eigenvalue weighted by Crippen LogP contribution is -2.32. The van der Waals surface area contributed by atoms with E-state index in [2.05, 4.69) is 5.32 Å². The summed E-state index contributed by atoms with van der Waals surface area (Å²) >= 11 is 1.73. The van der Waals surface area contributed by atoms with E-state index in [-0.39, 0.29) is 0 Å². The maximum Gasteiger partial charge on any atom is 0.211 e. The van der Waals surface area contributed by atoms with E-state index in [1.54, 1.807) is 11.8 Å². The van der Waals surface area contributed by atoms with Gasteiger partial charge in [-0.15, -0.1) is 0 Å². The van der Waals surface area contributed by atoms with Crippen molar-refractivity contribution in [2.24, 2.45) is 0 Å². The summed E-state index contributed by atoms with van der Waals surface area (Å²) in [7, 11) is -3.07. The SMILES string of the molecule is CCN(CCCNCc1ccc(CSC)o1)S(C)(=O)=O. The first kappa shape index (κ1) is 17.6. The van der Waals surface area contributed by atoms with E-state index in [0.717, 1.165) is 30.2 Å². The first-order chi connectivity index (χ1) is 9.47. The van der Waals surface area contributed by atoms with E-state index in [1.807, 2.05) is 25.3 Å². The van der Waals surface area contributed by atoms with Gasteiger partial charge in [-0.25, -0.2) is 12.7 Å². The quantitative estimate of drug-likeness (QED) is 0.667. The zero-order chi connectivity index (χ0) is 15.0. The maximum atomic E-state index is 11.4. The highest BCUT2D eigenvalue weighted by Crippen LogP contribution is 2.13. The van der Waals surface area contributed by atoms with Gasteiger partial charge < -0.3 is 9.73 Å². The van der Waals surface area contributed by atoms with Crippen LogP contribution in [0.3, 0.4) is 0 Å². The molecule has 0 saturated heterocycles. The molecule has 0 aromatic carbocycles. The van der Waals surface area contributed by atoms with E-state index in [9.17, 15) is 8.42 Å². The highest BCUT2D eigenvalue weighted by Gasteiger charge is 2.12. The van der Waals surface area contributed by atoms with Crippen molar-refractivity contribution in [3.05, 3.63) is 23.7 Å². The molecule has 0 saturated carbocycles. The summed E-state index contributed by atoms with van der Waals surface area (Å²) in [5.74, 6) is 2.80. The first-order valence-corrected chi connectivity index (χ1v) is 9.94. The molecule has 0 amide bonds. The lowest BCUT2D eigenvalue weighted by atomic mass is 10.4. The Morgan fingerprint density at radius 2 is 2.05 bits per heavy atom. The van der Waals surface area contributed by atoms with Crippen molar-refractivity contribution in [3.8, 4) is 0 Å². The van der Waals surface area contributed by atoms with Crippen molar-refractivity contribution in [3.63, 3.8) is 0 Å². The normalized spacial score (nSPS) is 12.2. The second kappa shape index (κ2) is 8.71. The monoisotopic (exact) mass is 320 g/mol. The van der Waals surface area contributed by atoms with Gasteiger partial charge in [0.1, 0.15) is 11.5 Å². The van der Waals surface area contributed by atoms with Crippen molar-refractivity contribution >= 4 is 21.8 Å². The Balaban J connectivity index is 2.21. The van der Waals surface area contributed by atoms with Gasteiger partial charge in [-0.1, -0.05) is 6.92 Å². The van der Waals surface area contributed by atoms with E-state index in [1.165, 1.54) is 10.6 Å². The highest BCUT2D eigenvalue weighted by molar-refractivity contribution is 7.97. The standard InChI is InChI=1S/C13H24N2O3S2/c1-4-15(20(3,16)17)9-5-8-14-10-12-6-7-13(18-12)11-19-2/h6-7,14H,4-5,8-11H2,1-3H3. The third-order valence-electron chi connectivity index (χ3n) is 2.89. The number of hydrogen-bond donors (Lipinski definition) is 1. The molecule has 0 unspecified atom stereocenters. The van der Waals surface area contributed by atoms with Crippen molar-refractivity contribution in [2.45, 2.75) is 25.6 Å². The van der Waals surface area contributed by atoms with Crippen LogP contribution in [0, 0.1) is 0 Å². The molecule has 0 atom stereocenters. The minimum atomic E-state index is -3.07. The van der Waals surface area contributed by atoms with Gasteiger partial charge in [0.15, 0.2) is 0 Å². The van der Waals surface area contributed by atoms with Gasteiger partial charge in [-0.05, 0) is 31.4 Å². The Labute approximate surface area is 126 Å². The second-order valence-electron chi connectivity index (χ2n) is 4.59. The van der Waals surface area contributed by atoms with Crippen LogP contribution in [0.5, 0.6) is 0 Å². The van der Waals surface area contributed by atoms with Crippen LogP contribution < -0.4 is 5.32 Å². The van der Waals surface area contributed by atoms with Gasteiger partial charge in [0, 0.05) is 13.1 Å². The number of sulfonamides is 1. The summed E-state index contributed by atoms with van der Waals surface area (Å²) in [6.07, 6.45) is 4.08. The summed E-state index contributed by atoms with van der Waals surface area (Å²) in [5.41, 5.74) is 0. The van der Waals surface area contributed by atoms with Crippen molar-refractivity contribution in [1.29, 1.82) is 0 Å². The Bertz CT molecular complexity index is 486. The minimum Gasteiger partial charge on any atom is -0.464 e. The average molecular weight is 320 g/mol. The van der Waals surface area contributed by atoms with Crippen LogP contribution >= 0.6 is 11.8 Å². The van der Waals surface area contributed by atoms with Gasteiger partial charge in [-0.2, -0.15) is 11.8 Å². The third-order valence-corrected chi connectivity index (χ3v) is 4.84. The van der Waals surface area contributed by atoms with E-state index in [4.69, 9.17) is 4.42 Å². The lowest BCUT2D eigenvalue weighted by Gasteiger charge is -2.17. The summed E-state index contributed by atoms with van der Waals surface area (Å²) in [4.78, 5) is 0. The van der Waals surface area contributed by atoms with Crippen LogP contribution in [-0.4, -0.2) is 44.9 Å². The van der Waals surface area contributed by atoms with Crippen molar-refractivity contribution < 1.29 is 12.8 Å². The molecule has 0 radical (unpaired) electrons. The number of thioether (sulfide) groups is 1. The summed E-state index contributed by atoms with van der Waals surface area (Å²) < 4.78 is 29.9. The zero-order valence-corrected chi connectivity index (χ0v) is 14.0. The summed E-state index contributed by atoms with van der Waals surface area (Å²) in [6, 6.07) is 3.98. The molecule has 0 bridgehead atoms. The van der Waals surface area contributed by atoms with Gasteiger partial charge in [0.25, 0.3) is 0 Å². The van der Waals surface area contributed by atoms with E-state index >= 15 is 0 Å². The molecule has 0 aliphatic heterocycles. The molecular weight excluding hydrogens is 296 g/mol. The number of nitrogens with one attached hydrogen (secondary N) is 1. The third kappa shape index (κ3) is 6.30. The number of furan rings is 1. The predicted molar refractivity (Wildman–Crippen MR) is 84.3 cm³/mol. The zero-order valence-electron chi connectivity index (χ0n) is 12.4. The van der Waals surface area contributed by atoms with Gasteiger partial charge in [-0.3, -0.25) is 0 Å². The number of hydrogen-bond acceptors (Lipinski definition) is 5. The number of nitrogens with zero attached hydrogens (tertiary/aromatic N) is 1. The fourth-order valence-corrected chi connectivity index (χ4v) is 3.26. The van der Waals surface area contributed by atoms with Crippen molar-refractivity contribution in [1.82, 2.24) is 9.62 Å². The smallest absolute Gasteiger partial charge is 0.211 e. The molecule has 1 aromatic heterocycles. The summed E-state index contributed by atoms with van der Waals surface area (Å²) in [5, 5.41) is 3.27. The number of rotatable bonds is 10. The fourth-order valence-electron chi connectivity index (χ4n) is 1.89. The molecule has 20 heavy (non-hydrogen) atoms. The van der Waals surface area contributed by atoms with E-state index < -0.39 is 10.0 Å². The molecule has 116 valence electrons. The van der Waals surface area contributed by atoms with Gasteiger partial charge in [0.2, 0.25) is 10.0 Å². The fraction of sp³-hybridized carbons (Fsp3) is 0.692. The highest BCUT2D eigenvalue weighted by atomic mass is 32.2. The van der Waals surface area contributed by atoms with Gasteiger partial charge >= 0.3 is 0 Å². The second-order valence-corrected chi connectivity index (χ2v) is 7.43. The molecule has 0 fully saturated rings. The Morgan fingerprint density at radius 1 is 1.35 bits per heavy atom. The van der Waals surface area contributed by atoms with Crippen LogP contribution in [0.15, 0.2) is 16.5 Å². The largest absolute Gasteiger partial charge is 0.464 e. The molecule has 5 nitrogen and oxygen atoms in total. The molecular formula is C13H24N2O3S2. The minimum absolute atomic E-state index is 0.523. The van der Waals surface area contributed by atoms with Gasteiger partial charge in [0.05, 0.1) is 18.6 Å². The Hall–Kier alpha value is -0.500. The van der Waals surface area contributed by atoms with E-state index in [0.29, 0.717) is 19.6 Å². The molecule has 7 heteroatoms. The maximum absolute atomic E-state index is 11.4. The van der Waals surface area contributed by atoms with Crippen LogP contribution in [0.1, 0.15) is 24.9 Å². The Kier molecular flexibility index (Phi) is 7.65. The lowest BCUT2D eigenvalue weighted by molar-refractivity contribution is 0.411. The molecule has 0 aliphatic carbocycles. The van der Waals surface area contributed by atoms with Crippen molar-refractivity contribution in [2.75, 3.05) is 32.1 Å². The molecule has 1 aromatic rings. The summed E-state index contributed by atoms with van der Waals surface area (Å²) in [6.45, 7) is 4.38. The van der Waals surface area contributed by atoms with Crippen LogP contribution in [0.2, 0.25) is 0 Å². The topological polar surface area (TPSA) is 62.6 Å². The first-order valence-electron chi connectivity index (χ1n) is 6.69. The predicted octanol–water partition coefficient (Wildman–Crippen LogP) is 1.90. The Morgan fingerprint density at radius 3 is 2.65 bits per heavy atom. The molecule has 0 spiro atoms. The molecule has 1 heterocycles. The van der Waals surface area contributed by atoms with Crippen LogP contribution in [0.4, 0.5) is 0 Å². The molecule has 0 aliphatic rings. The van der Waals surface area contributed by atoms with Crippen LogP contribution in [0.25, 0.3) is 0 Å². The molecule has 1 N–H and O–H groups in total. The average Bonchev–Trinajstić information content (AvgIpc) is 2.80.